The summed E-state index contributed by atoms with van der Waals surface area (Å²) in [4.78, 5) is 27.0. The summed E-state index contributed by atoms with van der Waals surface area (Å²) in [6.07, 6.45) is 2.93. The van der Waals surface area contributed by atoms with Crippen molar-refractivity contribution in [2.45, 2.75) is 26.2 Å². The highest BCUT2D eigenvalue weighted by molar-refractivity contribution is 6.05. The lowest BCUT2D eigenvalue weighted by Gasteiger charge is -2.20. The Morgan fingerprint density at radius 1 is 1.12 bits per heavy atom. The molecule has 0 aromatic heterocycles. The van der Waals surface area contributed by atoms with E-state index in [4.69, 9.17) is 9.47 Å². The number of anilines is 1. The first kappa shape index (κ1) is 16.6. The largest absolute Gasteiger partial charge is 0.493 e. The summed E-state index contributed by atoms with van der Waals surface area (Å²) < 4.78 is 10.6. The number of benzene rings is 1. The monoisotopic (exact) mass is 332 g/mol. The Balaban J connectivity index is 1.93. The summed E-state index contributed by atoms with van der Waals surface area (Å²) >= 11 is 0. The molecule has 3 rings (SSSR count). The maximum atomic E-state index is 12.8. The molecule has 1 saturated heterocycles. The van der Waals surface area contributed by atoms with Crippen molar-refractivity contribution >= 4 is 17.5 Å². The smallest absolute Gasteiger partial charge is 0.256 e. The molecule has 2 unspecified atom stereocenters. The van der Waals surface area contributed by atoms with Gasteiger partial charge in [-0.15, -0.1) is 0 Å². The second-order valence-electron chi connectivity index (χ2n) is 6.56. The van der Waals surface area contributed by atoms with Gasteiger partial charge < -0.3 is 19.7 Å². The molecule has 1 saturated carbocycles. The molecule has 1 aliphatic heterocycles. The van der Waals surface area contributed by atoms with Crippen molar-refractivity contribution in [2.24, 2.45) is 11.8 Å². The van der Waals surface area contributed by atoms with E-state index in [0.29, 0.717) is 28.7 Å². The third kappa shape index (κ3) is 3.18. The molecule has 6 nitrogen and oxygen atoms in total. The Bertz CT molecular complexity index is 653. The van der Waals surface area contributed by atoms with Gasteiger partial charge >= 0.3 is 0 Å². The van der Waals surface area contributed by atoms with Crippen molar-refractivity contribution < 1.29 is 19.1 Å². The predicted molar refractivity (Wildman–Crippen MR) is 90.6 cm³/mol. The molecular weight excluding hydrogens is 308 g/mol. The number of carbonyl (C=O) groups excluding carboxylic acids is 2. The number of hydrogen-bond donors (Lipinski definition) is 1. The lowest BCUT2D eigenvalue weighted by Crippen LogP contribution is -2.29. The van der Waals surface area contributed by atoms with Gasteiger partial charge in [-0.2, -0.15) is 0 Å². The average Bonchev–Trinajstić information content (AvgIpc) is 3.09. The number of likely N-dealkylation sites (tertiary alicyclic amines) is 1. The van der Waals surface area contributed by atoms with Crippen LogP contribution in [0.4, 0.5) is 5.69 Å². The highest BCUT2D eigenvalue weighted by atomic mass is 16.5. The van der Waals surface area contributed by atoms with E-state index in [1.165, 1.54) is 14.2 Å². The number of carbonyl (C=O) groups is 2. The zero-order valence-electron chi connectivity index (χ0n) is 14.4. The number of rotatable bonds is 5. The van der Waals surface area contributed by atoms with Gasteiger partial charge in [-0.25, -0.2) is 0 Å². The minimum absolute atomic E-state index is 0.0350. The third-order valence-corrected chi connectivity index (χ3v) is 4.85. The molecule has 1 heterocycles. The molecule has 0 radical (unpaired) electrons. The van der Waals surface area contributed by atoms with E-state index in [1.807, 2.05) is 4.90 Å². The van der Waals surface area contributed by atoms with Crippen LogP contribution in [-0.2, 0) is 4.79 Å². The van der Waals surface area contributed by atoms with E-state index in [9.17, 15) is 9.59 Å². The van der Waals surface area contributed by atoms with E-state index in [-0.39, 0.29) is 17.7 Å². The van der Waals surface area contributed by atoms with Gasteiger partial charge in [-0.05, 0) is 31.2 Å². The number of ether oxygens (including phenoxy) is 2. The Morgan fingerprint density at radius 2 is 1.71 bits per heavy atom. The van der Waals surface area contributed by atoms with Gasteiger partial charge in [0.1, 0.15) is 0 Å². The zero-order chi connectivity index (χ0) is 17.3. The van der Waals surface area contributed by atoms with Gasteiger partial charge in [-0.1, -0.05) is 6.92 Å². The number of nitrogens with zero attached hydrogens (tertiary/aromatic N) is 1. The highest BCUT2D eigenvalue weighted by Crippen LogP contribution is 2.40. The Labute approximate surface area is 142 Å². The van der Waals surface area contributed by atoms with Crippen molar-refractivity contribution in [3.8, 4) is 11.5 Å². The van der Waals surface area contributed by atoms with Gasteiger partial charge in [0, 0.05) is 25.1 Å². The minimum Gasteiger partial charge on any atom is -0.493 e. The first-order chi connectivity index (χ1) is 11.5. The van der Waals surface area contributed by atoms with Gasteiger partial charge in [-0.3, -0.25) is 9.59 Å². The second-order valence-corrected chi connectivity index (χ2v) is 6.56. The van der Waals surface area contributed by atoms with Crippen LogP contribution >= 0.6 is 0 Å². The standard InChI is InChI=1S/C18H24N2O4/c1-11-8-12(11)17(21)19-14-10-16(24-3)15(23-2)9-13(14)18(22)20-6-4-5-7-20/h9-12H,4-8H2,1-3H3,(H,19,21). The topological polar surface area (TPSA) is 67.9 Å². The quantitative estimate of drug-likeness (QED) is 0.900. The average molecular weight is 332 g/mol. The van der Waals surface area contributed by atoms with Crippen LogP contribution < -0.4 is 14.8 Å². The SMILES string of the molecule is COc1cc(NC(=O)C2CC2C)c(C(=O)N2CCCC2)cc1OC. The van der Waals surface area contributed by atoms with E-state index < -0.39 is 0 Å². The number of amides is 2. The predicted octanol–water partition coefficient (Wildman–Crippen LogP) is 2.53. The van der Waals surface area contributed by atoms with E-state index in [1.54, 1.807) is 12.1 Å². The summed E-state index contributed by atoms with van der Waals surface area (Å²) in [6.45, 7) is 3.55. The number of methoxy groups -OCH3 is 2. The molecule has 0 bridgehead atoms. The Morgan fingerprint density at radius 3 is 2.25 bits per heavy atom. The Hall–Kier alpha value is -2.24. The van der Waals surface area contributed by atoms with Gasteiger partial charge in [0.2, 0.25) is 5.91 Å². The number of nitrogens with one attached hydrogen (secondary N) is 1. The normalized spacial score (nSPS) is 22.2. The molecule has 0 spiro atoms. The maximum Gasteiger partial charge on any atom is 0.256 e. The van der Waals surface area contributed by atoms with Crippen LogP contribution in [0.15, 0.2) is 12.1 Å². The van der Waals surface area contributed by atoms with Crippen molar-refractivity contribution in [2.75, 3.05) is 32.6 Å². The summed E-state index contributed by atoms with van der Waals surface area (Å²) in [5.41, 5.74) is 0.949. The molecule has 2 amide bonds. The molecule has 1 aliphatic carbocycles. The molecule has 6 heteroatoms. The van der Waals surface area contributed by atoms with Crippen LogP contribution in [0.5, 0.6) is 11.5 Å². The maximum absolute atomic E-state index is 12.8. The molecule has 2 atom stereocenters. The lowest BCUT2D eigenvalue weighted by atomic mass is 10.1. The number of hydrogen-bond acceptors (Lipinski definition) is 4. The van der Waals surface area contributed by atoms with E-state index in [2.05, 4.69) is 12.2 Å². The van der Waals surface area contributed by atoms with E-state index >= 15 is 0 Å². The third-order valence-electron chi connectivity index (χ3n) is 4.85. The zero-order valence-corrected chi connectivity index (χ0v) is 14.4. The lowest BCUT2D eigenvalue weighted by molar-refractivity contribution is -0.117. The van der Waals surface area contributed by atoms with Crippen LogP contribution in [0.1, 0.15) is 36.5 Å². The van der Waals surface area contributed by atoms with Crippen molar-refractivity contribution in [1.82, 2.24) is 4.90 Å². The van der Waals surface area contributed by atoms with Crippen LogP contribution in [0.2, 0.25) is 0 Å². The van der Waals surface area contributed by atoms with Crippen LogP contribution in [-0.4, -0.2) is 44.0 Å². The van der Waals surface area contributed by atoms with Crippen molar-refractivity contribution in [3.05, 3.63) is 17.7 Å². The molecule has 1 N–H and O–H groups in total. The van der Waals surface area contributed by atoms with Crippen molar-refractivity contribution in [3.63, 3.8) is 0 Å². The Kier molecular flexibility index (Phi) is 4.64. The highest BCUT2D eigenvalue weighted by Gasteiger charge is 2.39. The molecule has 130 valence electrons. The minimum atomic E-state index is -0.0763. The van der Waals surface area contributed by atoms with Crippen LogP contribution in [0.3, 0.4) is 0 Å². The van der Waals surface area contributed by atoms with Gasteiger partial charge in [0.05, 0.1) is 25.5 Å². The first-order valence-electron chi connectivity index (χ1n) is 8.41. The molecule has 24 heavy (non-hydrogen) atoms. The molecule has 2 fully saturated rings. The van der Waals surface area contributed by atoms with E-state index in [0.717, 1.165) is 32.4 Å². The van der Waals surface area contributed by atoms with Crippen LogP contribution in [0, 0.1) is 11.8 Å². The van der Waals surface area contributed by atoms with Crippen LogP contribution in [0.25, 0.3) is 0 Å². The summed E-state index contributed by atoms with van der Waals surface area (Å²) in [6, 6.07) is 3.33. The second kappa shape index (κ2) is 6.71. The van der Waals surface area contributed by atoms with Crippen molar-refractivity contribution in [1.29, 1.82) is 0 Å². The van der Waals surface area contributed by atoms with Gasteiger partial charge in [0.25, 0.3) is 5.91 Å². The first-order valence-corrected chi connectivity index (χ1v) is 8.41. The fourth-order valence-corrected chi connectivity index (χ4v) is 3.16. The summed E-state index contributed by atoms with van der Waals surface area (Å²) in [7, 11) is 3.07. The molecule has 1 aromatic carbocycles. The summed E-state index contributed by atoms with van der Waals surface area (Å²) in [5.74, 6) is 1.31. The van der Waals surface area contributed by atoms with Gasteiger partial charge in [0.15, 0.2) is 11.5 Å². The molecular formula is C18H24N2O4. The molecule has 2 aliphatic rings. The fourth-order valence-electron chi connectivity index (χ4n) is 3.16. The fraction of sp³-hybridized carbons (Fsp3) is 0.556. The molecule has 1 aromatic rings. The summed E-state index contributed by atoms with van der Waals surface area (Å²) in [5, 5.41) is 2.91.